The van der Waals surface area contributed by atoms with E-state index in [1.54, 1.807) is 92.8 Å². The van der Waals surface area contributed by atoms with Crippen molar-refractivity contribution in [1.29, 1.82) is 0 Å². The van der Waals surface area contributed by atoms with Gasteiger partial charge in [-0.15, -0.1) is 5.10 Å². The van der Waals surface area contributed by atoms with Crippen molar-refractivity contribution in [1.82, 2.24) is 44.9 Å². The average Bonchev–Trinajstić information content (AvgIpc) is 4.06. The predicted molar refractivity (Wildman–Crippen MR) is 297 cm³/mol. The molecular formula is C61H53N9O13. The van der Waals surface area contributed by atoms with Gasteiger partial charge in [-0.2, -0.15) is 0 Å². The number of pyridine rings is 6. The highest BCUT2D eigenvalue weighted by atomic mass is 16.7. The Kier molecular flexibility index (Phi) is 19.5. The zero-order chi connectivity index (χ0) is 59.0. The number of rotatable bonds is 12. The first kappa shape index (κ1) is 59.1. The highest BCUT2D eigenvalue weighted by Gasteiger charge is 2.44. The van der Waals surface area contributed by atoms with E-state index in [4.69, 9.17) is 37.9 Å². The number of aliphatic hydroxyl groups excluding tert-OH is 4. The summed E-state index contributed by atoms with van der Waals surface area (Å²) in [7, 11) is 9.11. The number of aromatic nitrogens is 9. The molecule has 22 nitrogen and oxygen atoms in total. The molecule has 0 aromatic carbocycles. The fraction of sp³-hybridized carbons (Fsp3) is 0.279. The summed E-state index contributed by atoms with van der Waals surface area (Å²) in [6.07, 6.45) is -5.36. The van der Waals surface area contributed by atoms with E-state index in [1.807, 2.05) is 0 Å². The smallest absolute Gasteiger partial charge is 0.186 e. The van der Waals surface area contributed by atoms with Gasteiger partial charge in [0.2, 0.25) is 0 Å². The molecule has 0 spiro atoms. The fourth-order valence-corrected chi connectivity index (χ4v) is 7.43. The number of ether oxygens (including phenoxy) is 8. The lowest BCUT2D eigenvalue weighted by molar-refractivity contribution is -0.301. The number of aliphatic hydroxyl groups is 5. The Hall–Kier alpha value is -10.1. The van der Waals surface area contributed by atoms with Crippen LogP contribution in [0.4, 0.5) is 0 Å². The first-order chi connectivity index (χ1) is 40.0. The third-order valence-electron chi connectivity index (χ3n) is 11.5. The maximum atomic E-state index is 10.3. The van der Waals surface area contributed by atoms with E-state index < -0.39 is 42.9 Å². The topological polar surface area (TPSA) is 283 Å². The maximum absolute atomic E-state index is 10.3. The molecule has 8 rings (SSSR count). The molecule has 5 atom stereocenters. The van der Waals surface area contributed by atoms with Gasteiger partial charge in [-0.1, -0.05) is 11.1 Å². The molecule has 83 heavy (non-hydrogen) atoms. The van der Waals surface area contributed by atoms with E-state index in [9.17, 15) is 25.5 Å². The maximum Gasteiger partial charge on any atom is 0.186 e. The van der Waals surface area contributed by atoms with Gasteiger partial charge in [0, 0.05) is 72.8 Å². The van der Waals surface area contributed by atoms with Gasteiger partial charge in [-0.3, -0.25) is 0 Å². The highest BCUT2D eigenvalue weighted by Crippen LogP contribution is 2.25. The molecule has 7 aromatic rings. The van der Waals surface area contributed by atoms with Crippen molar-refractivity contribution in [3.8, 4) is 117 Å². The first-order valence-corrected chi connectivity index (χ1v) is 25.1. The van der Waals surface area contributed by atoms with E-state index in [0.717, 1.165) is 0 Å². The van der Waals surface area contributed by atoms with Crippen LogP contribution in [0, 0.1) is 71.0 Å². The van der Waals surface area contributed by atoms with E-state index in [0.29, 0.717) is 109 Å². The molecule has 0 bridgehead atoms. The summed E-state index contributed by atoms with van der Waals surface area (Å²) in [6.45, 7) is 2.72. The van der Waals surface area contributed by atoms with Crippen molar-refractivity contribution >= 4 is 0 Å². The lowest BCUT2D eigenvalue weighted by Crippen LogP contribution is -2.59. The Morgan fingerprint density at radius 2 is 0.783 bits per heavy atom. The second kappa shape index (κ2) is 27.4. The molecule has 1 aliphatic rings. The van der Waals surface area contributed by atoms with Crippen LogP contribution in [-0.4, -0.2) is 163 Å². The van der Waals surface area contributed by atoms with Crippen molar-refractivity contribution < 1.29 is 63.4 Å². The van der Waals surface area contributed by atoms with Gasteiger partial charge in [-0.05, 0) is 79.0 Å². The van der Waals surface area contributed by atoms with Crippen LogP contribution in [0.25, 0.3) is 11.4 Å². The van der Waals surface area contributed by atoms with Gasteiger partial charge in [0.25, 0.3) is 0 Å². The molecule has 420 valence electrons. The van der Waals surface area contributed by atoms with Crippen LogP contribution in [0.1, 0.15) is 76.5 Å². The predicted octanol–water partition coefficient (Wildman–Crippen LogP) is 2.30. The molecule has 0 saturated carbocycles. The van der Waals surface area contributed by atoms with Crippen molar-refractivity contribution in [2.24, 2.45) is 0 Å². The van der Waals surface area contributed by atoms with E-state index in [2.05, 4.69) is 111 Å². The normalized spacial score (nSPS) is 15.9. The Morgan fingerprint density at radius 3 is 1.11 bits per heavy atom. The summed E-state index contributed by atoms with van der Waals surface area (Å²) in [5.41, 5.74) is 3.39. The molecular weight excluding hydrogens is 1070 g/mol. The fourth-order valence-electron chi connectivity index (χ4n) is 7.43. The largest absolute Gasteiger partial charge is 0.497 e. The molecule has 0 amide bonds. The van der Waals surface area contributed by atoms with Crippen molar-refractivity contribution in [3.63, 3.8) is 0 Å². The van der Waals surface area contributed by atoms with Gasteiger partial charge in [0.1, 0.15) is 133 Å². The SMILES string of the molecule is COc1cc(C#Cc2cc(OC)cc(C#Cc3cc(OC)cc(C#Cc4cc(OC)cc(-c5cn(CCO[C@H]6O[C@H](CO)[C@@H](O)[C@H](O)[C@@H]6O)nn5)n4)n3)n2)nc(C#Cc2cc(OC)cc(C#Cc3cc(OC)cc(C#CC(C)(C)O)n3)n2)c1. The molecule has 1 saturated heterocycles. The van der Waals surface area contributed by atoms with Gasteiger partial charge < -0.3 is 63.4 Å². The third-order valence-corrected chi connectivity index (χ3v) is 11.5. The Balaban J connectivity index is 0.979. The minimum Gasteiger partial charge on any atom is -0.497 e. The molecule has 7 aromatic heterocycles. The van der Waals surface area contributed by atoms with Crippen molar-refractivity contribution in [2.45, 2.75) is 56.7 Å². The van der Waals surface area contributed by atoms with E-state index in [-0.39, 0.29) is 13.2 Å². The quantitative estimate of drug-likeness (QED) is 0.110. The van der Waals surface area contributed by atoms with Crippen LogP contribution in [-0.2, 0) is 16.0 Å². The van der Waals surface area contributed by atoms with Crippen molar-refractivity contribution in [3.05, 3.63) is 142 Å². The minimum atomic E-state index is -1.56. The molecule has 0 unspecified atom stereocenters. The van der Waals surface area contributed by atoms with Crippen LogP contribution in [0.15, 0.2) is 79.0 Å². The molecule has 0 radical (unpaired) electrons. The second-order valence-electron chi connectivity index (χ2n) is 18.2. The minimum absolute atomic E-state index is 0.0200. The van der Waals surface area contributed by atoms with Gasteiger partial charge in [0.15, 0.2) is 6.29 Å². The number of nitrogens with zero attached hydrogens (tertiary/aromatic N) is 9. The Bertz CT molecular complexity index is 3920. The van der Waals surface area contributed by atoms with Gasteiger partial charge >= 0.3 is 0 Å². The molecule has 5 N–H and O–H groups in total. The number of methoxy groups -OCH3 is 6. The standard InChI is InChI=1S/C61H53N9O13/c1-61(2,75)20-19-47-33-52(80-7)31-45(66-47)16-15-43-29-50(78-5)27-41(64-43)12-11-39-25-48(76-3)23-37(62-39)9-10-38-24-49(77-4)26-40(63-38)13-14-42-28-51(79-6)30-44(65-42)17-18-46-32-53(81-8)34-54(67-46)55-35-70(69-68-55)21-22-82-60-59(74)58(73)57(72)56(36-71)83-60/h23-35,56-60,71-75H,21-22,36H2,1-8H3/t56-,57-,58+,59+,60+/m1/s1. The number of hydrogen-bond donors (Lipinski definition) is 5. The van der Waals surface area contributed by atoms with Crippen LogP contribution < -0.4 is 28.4 Å². The summed E-state index contributed by atoms with van der Waals surface area (Å²) in [5, 5.41) is 58.3. The summed E-state index contributed by atoms with van der Waals surface area (Å²) >= 11 is 0. The van der Waals surface area contributed by atoms with E-state index in [1.165, 1.54) is 47.3 Å². The van der Waals surface area contributed by atoms with E-state index >= 15 is 0 Å². The Morgan fingerprint density at radius 1 is 0.458 bits per heavy atom. The molecule has 0 aliphatic carbocycles. The summed E-state index contributed by atoms with van der Waals surface area (Å²) < 4.78 is 45.6. The second-order valence-corrected chi connectivity index (χ2v) is 18.2. The van der Waals surface area contributed by atoms with Crippen LogP contribution >= 0.6 is 0 Å². The summed E-state index contributed by atoms with van der Waals surface area (Å²) in [6, 6.07) is 19.9. The lowest BCUT2D eigenvalue weighted by atomic mass is 9.99. The number of hydrogen-bond acceptors (Lipinski definition) is 21. The van der Waals surface area contributed by atoms with Gasteiger partial charge in [0.05, 0.1) is 74.3 Å². The highest BCUT2D eigenvalue weighted by molar-refractivity contribution is 5.58. The van der Waals surface area contributed by atoms with Gasteiger partial charge in [-0.25, -0.2) is 34.6 Å². The molecule has 8 heterocycles. The van der Waals surface area contributed by atoms with Crippen molar-refractivity contribution in [2.75, 3.05) is 55.9 Å². The molecule has 1 aliphatic heterocycles. The van der Waals surface area contributed by atoms with Crippen LogP contribution in [0.5, 0.6) is 34.5 Å². The van der Waals surface area contributed by atoms with Crippen LogP contribution in [0.3, 0.4) is 0 Å². The first-order valence-electron chi connectivity index (χ1n) is 25.1. The average molecular weight is 1120 g/mol. The Labute approximate surface area is 477 Å². The summed E-state index contributed by atoms with van der Waals surface area (Å²) in [5.74, 6) is 38.7. The molecule has 22 heteroatoms. The lowest BCUT2D eigenvalue weighted by Gasteiger charge is -2.39. The zero-order valence-electron chi connectivity index (χ0n) is 46.0. The van der Waals surface area contributed by atoms with Crippen LogP contribution in [0.2, 0.25) is 0 Å². The summed E-state index contributed by atoms with van der Waals surface area (Å²) in [4.78, 5) is 27.7. The zero-order valence-corrected chi connectivity index (χ0v) is 46.0. The monoisotopic (exact) mass is 1120 g/mol. The molecule has 1 fully saturated rings. The third kappa shape index (κ3) is 16.5.